The second kappa shape index (κ2) is 7.83. The molecule has 1 unspecified atom stereocenters. The molecule has 0 aliphatic carbocycles. The third-order valence-corrected chi connectivity index (χ3v) is 4.17. The van der Waals surface area contributed by atoms with Crippen molar-refractivity contribution >= 4 is 17.6 Å². The standard InChI is InChI=1S/C18H23N5O2/c1-14(12-22-9-7-19-13-22)21-18(25)20-11-15-4-2-5-16(10-15)23-8-3-6-17(23)24/h2,4-5,7,9-10,13-14H,3,6,8,11-12H2,1H3,(H2,20,21,25). The fraction of sp³-hybridized carbons (Fsp3) is 0.389. The van der Waals surface area contributed by atoms with Crippen LogP contribution in [0.25, 0.3) is 0 Å². The van der Waals surface area contributed by atoms with Gasteiger partial charge in [-0.3, -0.25) is 4.79 Å². The monoisotopic (exact) mass is 341 g/mol. The minimum absolute atomic E-state index is 0.0113. The van der Waals surface area contributed by atoms with E-state index in [4.69, 9.17) is 0 Å². The van der Waals surface area contributed by atoms with E-state index in [1.54, 1.807) is 17.4 Å². The van der Waals surface area contributed by atoms with Crippen LogP contribution in [0.4, 0.5) is 10.5 Å². The first kappa shape index (κ1) is 17.0. The molecule has 1 fully saturated rings. The number of carbonyl (C=O) groups excluding carboxylic acids is 2. The highest BCUT2D eigenvalue weighted by molar-refractivity contribution is 5.95. The molecular formula is C18H23N5O2. The fourth-order valence-corrected chi connectivity index (χ4v) is 2.97. The Morgan fingerprint density at radius 2 is 2.28 bits per heavy atom. The molecule has 3 rings (SSSR count). The predicted molar refractivity (Wildman–Crippen MR) is 95.1 cm³/mol. The van der Waals surface area contributed by atoms with Crippen molar-refractivity contribution in [3.8, 4) is 0 Å². The third kappa shape index (κ3) is 4.59. The molecule has 1 aliphatic rings. The molecule has 1 atom stereocenters. The lowest BCUT2D eigenvalue weighted by molar-refractivity contribution is -0.117. The summed E-state index contributed by atoms with van der Waals surface area (Å²) in [6, 6.07) is 7.52. The number of carbonyl (C=O) groups is 2. The van der Waals surface area contributed by atoms with Gasteiger partial charge in [-0.2, -0.15) is 0 Å². The number of nitrogens with zero attached hydrogens (tertiary/aromatic N) is 3. The molecule has 2 aromatic rings. The molecule has 7 nitrogen and oxygen atoms in total. The lowest BCUT2D eigenvalue weighted by Crippen LogP contribution is -2.42. The van der Waals surface area contributed by atoms with E-state index in [9.17, 15) is 9.59 Å². The number of rotatable bonds is 6. The number of anilines is 1. The average molecular weight is 341 g/mol. The molecule has 1 saturated heterocycles. The van der Waals surface area contributed by atoms with E-state index in [1.165, 1.54) is 0 Å². The van der Waals surface area contributed by atoms with Crippen molar-refractivity contribution in [3.63, 3.8) is 0 Å². The first-order chi connectivity index (χ1) is 12.1. The lowest BCUT2D eigenvalue weighted by Gasteiger charge is -2.17. The van der Waals surface area contributed by atoms with Crippen molar-refractivity contribution in [1.82, 2.24) is 20.2 Å². The van der Waals surface area contributed by atoms with Crippen molar-refractivity contribution in [1.29, 1.82) is 0 Å². The normalized spacial score (nSPS) is 15.2. The second-order valence-electron chi connectivity index (χ2n) is 6.31. The smallest absolute Gasteiger partial charge is 0.315 e. The number of urea groups is 1. The molecule has 7 heteroatoms. The second-order valence-corrected chi connectivity index (χ2v) is 6.31. The first-order valence-electron chi connectivity index (χ1n) is 8.51. The third-order valence-electron chi connectivity index (χ3n) is 4.17. The van der Waals surface area contributed by atoms with Crippen LogP contribution in [-0.2, 0) is 17.9 Å². The van der Waals surface area contributed by atoms with Crippen LogP contribution in [0.15, 0.2) is 43.0 Å². The minimum Gasteiger partial charge on any atom is -0.335 e. The molecule has 1 aromatic heterocycles. The quantitative estimate of drug-likeness (QED) is 0.842. The molecular weight excluding hydrogens is 318 g/mol. The number of amides is 3. The van der Waals surface area contributed by atoms with Gasteiger partial charge in [-0.05, 0) is 31.0 Å². The highest BCUT2D eigenvalue weighted by atomic mass is 16.2. The van der Waals surface area contributed by atoms with Gasteiger partial charge in [-0.1, -0.05) is 12.1 Å². The maximum absolute atomic E-state index is 12.0. The van der Waals surface area contributed by atoms with E-state index in [-0.39, 0.29) is 18.0 Å². The van der Waals surface area contributed by atoms with Crippen LogP contribution >= 0.6 is 0 Å². The van der Waals surface area contributed by atoms with Gasteiger partial charge in [0.25, 0.3) is 0 Å². The first-order valence-corrected chi connectivity index (χ1v) is 8.51. The van der Waals surface area contributed by atoms with Gasteiger partial charge in [0.05, 0.1) is 6.33 Å². The molecule has 0 saturated carbocycles. The summed E-state index contributed by atoms with van der Waals surface area (Å²) in [5.74, 6) is 0.163. The van der Waals surface area contributed by atoms with E-state index in [0.29, 0.717) is 19.5 Å². The Bertz CT molecular complexity index is 729. The highest BCUT2D eigenvalue weighted by Crippen LogP contribution is 2.22. The van der Waals surface area contributed by atoms with Crippen LogP contribution in [0, 0.1) is 0 Å². The number of nitrogens with one attached hydrogen (secondary N) is 2. The van der Waals surface area contributed by atoms with Crippen LogP contribution in [-0.4, -0.2) is 34.1 Å². The Balaban J connectivity index is 1.49. The van der Waals surface area contributed by atoms with E-state index in [1.807, 2.05) is 42.0 Å². The molecule has 0 spiro atoms. The van der Waals surface area contributed by atoms with Gasteiger partial charge in [0.1, 0.15) is 0 Å². The average Bonchev–Trinajstić information content (AvgIpc) is 3.24. The van der Waals surface area contributed by atoms with Crippen LogP contribution in [0.3, 0.4) is 0 Å². The molecule has 0 radical (unpaired) electrons. The van der Waals surface area contributed by atoms with Crippen LogP contribution in [0.1, 0.15) is 25.3 Å². The minimum atomic E-state index is -0.213. The summed E-state index contributed by atoms with van der Waals surface area (Å²) < 4.78 is 1.92. The maximum Gasteiger partial charge on any atom is 0.315 e. The van der Waals surface area contributed by atoms with Crippen LogP contribution < -0.4 is 15.5 Å². The van der Waals surface area contributed by atoms with E-state index in [0.717, 1.165) is 24.2 Å². The zero-order valence-electron chi connectivity index (χ0n) is 14.3. The number of hydrogen-bond donors (Lipinski definition) is 2. The van der Waals surface area contributed by atoms with E-state index >= 15 is 0 Å². The van der Waals surface area contributed by atoms with Gasteiger partial charge in [-0.15, -0.1) is 0 Å². The Kier molecular flexibility index (Phi) is 5.33. The zero-order chi connectivity index (χ0) is 17.6. The molecule has 1 aliphatic heterocycles. The number of benzene rings is 1. The summed E-state index contributed by atoms with van der Waals surface area (Å²) in [6.07, 6.45) is 6.81. The van der Waals surface area contributed by atoms with Gasteiger partial charge in [0, 0.05) is 50.2 Å². The summed E-state index contributed by atoms with van der Waals surface area (Å²) in [6.45, 7) is 3.79. The van der Waals surface area contributed by atoms with Gasteiger partial charge in [-0.25, -0.2) is 9.78 Å². The molecule has 132 valence electrons. The van der Waals surface area contributed by atoms with Crippen LogP contribution in [0.2, 0.25) is 0 Å². The van der Waals surface area contributed by atoms with Crippen molar-refractivity contribution in [2.75, 3.05) is 11.4 Å². The maximum atomic E-state index is 12.0. The highest BCUT2D eigenvalue weighted by Gasteiger charge is 2.21. The van der Waals surface area contributed by atoms with Crippen molar-refractivity contribution in [2.45, 2.75) is 38.9 Å². The van der Waals surface area contributed by atoms with Crippen molar-refractivity contribution < 1.29 is 9.59 Å². The zero-order valence-corrected chi connectivity index (χ0v) is 14.3. The van der Waals surface area contributed by atoms with E-state index < -0.39 is 0 Å². The van der Waals surface area contributed by atoms with Gasteiger partial charge >= 0.3 is 6.03 Å². The fourth-order valence-electron chi connectivity index (χ4n) is 2.97. The predicted octanol–water partition coefficient (Wildman–Crippen LogP) is 1.90. The number of aromatic nitrogens is 2. The Labute approximate surface area is 147 Å². The SMILES string of the molecule is CC(Cn1ccnc1)NC(=O)NCc1cccc(N2CCCC2=O)c1. The van der Waals surface area contributed by atoms with Gasteiger partial charge < -0.3 is 20.1 Å². The summed E-state index contributed by atoms with van der Waals surface area (Å²) in [5.41, 5.74) is 1.87. The van der Waals surface area contributed by atoms with Gasteiger partial charge in [0.15, 0.2) is 0 Å². The number of imidazole rings is 1. The summed E-state index contributed by atoms with van der Waals surface area (Å²) in [5, 5.41) is 5.76. The molecule has 2 heterocycles. The van der Waals surface area contributed by atoms with Gasteiger partial charge in [0.2, 0.25) is 5.91 Å². The largest absolute Gasteiger partial charge is 0.335 e. The lowest BCUT2D eigenvalue weighted by atomic mass is 10.2. The Hall–Kier alpha value is -2.83. The molecule has 25 heavy (non-hydrogen) atoms. The molecule has 2 N–H and O–H groups in total. The molecule has 1 aromatic carbocycles. The number of hydrogen-bond acceptors (Lipinski definition) is 3. The summed E-state index contributed by atoms with van der Waals surface area (Å²) in [7, 11) is 0. The molecule has 3 amide bonds. The van der Waals surface area contributed by atoms with Crippen molar-refractivity contribution in [3.05, 3.63) is 48.5 Å². The summed E-state index contributed by atoms with van der Waals surface area (Å²) >= 11 is 0. The van der Waals surface area contributed by atoms with E-state index in [2.05, 4.69) is 15.6 Å². The van der Waals surface area contributed by atoms with Crippen LogP contribution in [0.5, 0.6) is 0 Å². The summed E-state index contributed by atoms with van der Waals surface area (Å²) in [4.78, 5) is 29.7. The Morgan fingerprint density at radius 1 is 1.40 bits per heavy atom. The van der Waals surface area contributed by atoms with Crippen molar-refractivity contribution in [2.24, 2.45) is 0 Å². The topological polar surface area (TPSA) is 79.3 Å². The molecule has 0 bridgehead atoms. The Morgan fingerprint density at radius 3 is 3.00 bits per heavy atom.